The summed E-state index contributed by atoms with van der Waals surface area (Å²) in [6.45, 7) is 22.5. The van der Waals surface area contributed by atoms with Crippen LogP contribution in [0.1, 0.15) is 128 Å². The number of nitrogens with one attached hydrogen (secondary N) is 1. The number of imide groups is 1. The SMILES string of the molecule is COCOc1cc(-c2ncc3c(N4C[C@H]5CC[C@@H](C4)N5C(=O)OC(C)(C)C)nc(OCC4(CN5CC(C#Cc6ccc7c(c6)CN(C6CCC(=O)NC6=O)C7=O)C5)CC4)nc3c2F)c2c(C#C[Si](C(C)C)(C(C)C)C(C)C)c(F)ccc2c1. The molecule has 83 heavy (non-hydrogen) atoms. The van der Waals surface area contributed by atoms with E-state index in [0.717, 1.165) is 56.4 Å². The van der Waals surface area contributed by atoms with E-state index in [1.165, 1.54) is 13.2 Å². The van der Waals surface area contributed by atoms with Crippen molar-refractivity contribution in [2.24, 2.45) is 11.3 Å². The molecule has 1 aliphatic carbocycles. The average Bonchev–Trinajstić information content (AvgIpc) is 4.18. The fraction of sp³-hybridized carbons (Fsp3) is 0.516. The number of ether oxygens (including phenoxy) is 4. The summed E-state index contributed by atoms with van der Waals surface area (Å²) >= 11 is 0. The topological polar surface area (TPSA) is 169 Å². The average molecular weight is 1150 g/mol. The summed E-state index contributed by atoms with van der Waals surface area (Å²) < 4.78 is 58.5. The third kappa shape index (κ3) is 11.2. The number of aromatic nitrogens is 3. The summed E-state index contributed by atoms with van der Waals surface area (Å²) in [5, 5.41) is 3.72. The molecule has 16 nitrogen and oxygen atoms in total. The van der Waals surface area contributed by atoms with Gasteiger partial charge in [0.2, 0.25) is 11.8 Å². The van der Waals surface area contributed by atoms with Gasteiger partial charge in [-0.25, -0.2) is 13.6 Å². The van der Waals surface area contributed by atoms with Crippen molar-refractivity contribution < 1.29 is 46.9 Å². The fourth-order valence-corrected chi connectivity index (χ4v) is 18.8. The van der Waals surface area contributed by atoms with Crippen LogP contribution in [0.25, 0.3) is 32.9 Å². The number of carbonyl (C=O) groups is 4. The van der Waals surface area contributed by atoms with Gasteiger partial charge in [0.25, 0.3) is 5.91 Å². The lowest BCUT2D eigenvalue weighted by atomic mass is 9.95. The normalized spacial score (nSPS) is 20.6. The molecule has 19 heteroatoms. The van der Waals surface area contributed by atoms with Crippen molar-refractivity contribution in [3.05, 3.63) is 82.5 Å². The summed E-state index contributed by atoms with van der Waals surface area (Å²) in [7, 11) is -0.847. The zero-order chi connectivity index (χ0) is 58.9. The van der Waals surface area contributed by atoms with Gasteiger partial charge in [-0.1, -0.05) is 65.4 Å². The molecule has 0 spiro atoms. The third-order valence-electron chi connectivity index (χ3n) is 17.9. The number of pyridine rings is 1. The summed E-state index contributed by atoms with van der Waals surface area (Å²) in [4.78, 5) is 73.7. The molecule has 7 heterocycles. The van der Waals surface area contributed by atoms with Gasteiger partial charge >= 0.3 is 12.1 Å². The molecule has 5 fully saturated rings. The second-order valence-corrected chi connectivity index (χ2v) is 31.2. The van der Waals surface area contributed by atoms with Crippen LogP contribution in [-0.2, 0) is 25.6 Å². The number of methoxy groups -OCH3 is 1. The number of nitrogens with zero attached hydrogens (tertiary/aromatic N) is 7. The Morgan fingerprint density at radius 3 is 2.27 bits per heavy atom. The number of anilines is 1. The second kappa shape index (κ2) is 22.4. The Kier molecular flexibility index (Phi) is 15.6. The standard InChI is InChI=1S/C64H74F2N8O8Si/c1-37(2)83(38(3)4,39(5)6)24-21-48-51(65)18-14-42-26-46(81-36-79-10)27-49(54(42)48)56-55(66)57-50(28-67-56)58(72-32-44-15-16-45(33-72)74(44)62(78)82-63(7,8)9)70-61(69-57)80-35-64(22-23-64)34-71-29-41(30-71)12-11-40-13-17-47-43(25-40)31-73(60(47)77)52-19-20-53(75)68-59(52)76/h13-14,17-18,25-28,37-39,41,44-45,52H,15-16,19-20,22-23,29-36H2,1-10H3,(H,68,75,76)/t44-,45+,52?. The Morgan fingerprint density at radius 1 is 0.880 bits per heavy atom. The number of piperidine rings is 1. The predicted octanol–water partition coefficient (Wildman–Crippen LogP) is 10.2. The number of hydrogen-bond acceptors (Lipinski definition) is 13. The molecule has 3 atom stereocenters. The maximum absolute atomic E-state index is 18.2. The summed E-state index contributed by atoms with van der Waals surface area (Å²) in [5.74, 6) is 8.81. The Bertz CT molecular complexity index is 3540. The number of benzene rings is 3. The van der Waals surface area contributed by atoms with Crippen LogP contribution in [0.3, 0.4) is 0 Å². The summed E-state index contributed by atoms with van der Waals surface area (Å²) in [6.07, 6.45) is 5.11. The number of fused-ring (bicyclic) bond motifs is 5. The van der Waals surface area contributed by atoms with Crippen LogP contribution < -0.4 is 19.7 Å². The Balaban J connectivity index is 0.884. The lowest BCUT2D eigenvalue weighted by Crippen LogP contribution is -2.57. The van der Waals surface area contributed by atoms with Crippen molar-refractivity contribution >= 4 is 59.4 Å². The van der Waals surface area contributed by atoms with Crippen molar-refractivity contribution in [3.63, 3.8) is 0 Å². The van der Waals surface area contributed by atoms with Gasteiger partial charge in [0.1, 0.15) is 48.3 Å². The van der Waals surface area contributed by atoms with Crippen molar-refractivity contribution in [2.45, 2.75) is 148 Å². The number of piperazine rings is 1. The Hall–Kier alpha value is -7.19. The number of likely N-dealkylation sites (tertiary alicyclic amines) is 1. The van der Waals surface area contributed by atoms with Gasteiger partial charge in [0, 0.05) is 92.4 Å². The number of hydrogen-bond donors (Lipinski definition) is 1. The Labute approximate surface area is 485 Å². The minimum absolute atomic E-state index is 0.0114. The molecule has 11 rings (SSSR count). The van der Waals surface area contributed by atoms with Gasteiger partial charge < -0.3 is 33.6 Å². The van der Waals surface area contributed by atoms with E-state index >= 15 is 8.78 Å². The van der Waals surface area contributed by atoms with E-state index < -0.39 is 37.3 Å². The third-order valence-corrected chi connectivity index (χ3v) is 24.2. The van der Waals surface area contributed by atoms with E-state index in [-0.39, 0.29) is 106 Å². The van der Waals surface area contributed by atoms with E-state index in [1.54, 1.807) is 35.4 Å². The molecule has 3 aromatic carbocycles. The minimum Gasteiger partial charge on any atom is -0.468 e. The Morgan fingerprint density at radius 2 is 1.60 bits per heavy atom. The number of carbonyl (C=O) groups excluding carboxylic acids is 4. The molecule has 1 saturated carbocycles. The molecule has 5 aliphatic heterocycles. The first kappa shape index (κ1) is 57.6. The second-order valence-electron chi connectivity index (χ2n) is 25.6. The molecule has 4 amide bonds. The molecule has 1 unspecified atom stereocenters. The zero-order valence-electron chi connectivity index (χ0n) is 49.2. The molecule has 6 aliphatic rings. The molecule has 2 bridgehead atoms. The van der Waals surface area contributed by atoms with Crippen molar-refractivity contribution in [2.75, 3.05) is 58.1 Å². The van der Waals surface area contributed by atoms with E-state index in [9.17, 15) is 19.2 Å². The van der Waals surface area contributed by atoms with Crippen LogP contribution >= 0.6 is 0 Å². The van der Waals surface area contributed by atoms with Crippen molar-refractivity contribution in [3.8, 4) is 46.3 Å². The van der Waals surface area contributed by atoms with Crippen molar-refractivity contribution in [1.82, 2.24) is 35.0 Å². The number of rotatable bonds is 14. The van der Waals surface area contributed by atoms with Crippen LogP contribution in [0, 0.1) is 46.3 Å². The predicted molar refractivity (Wildman–Crippen MR) is 314 cm³/mol. The molecular weight excluding hydrogens is 1070 g/mol. The van der Waals surface area contributed by atoms with Gasteiger partial charge in [-0.2, -0.15) is 9.97 Å². The first-order valence-electron chi connectivity index (χ1n) is 29.2. The number of halogens is 2. The maximum Gasteiger partial charge on any atom is 0.410 e. The molecule has 0 radical (unpaired) electrons. The number of amides is 4. The van der Waals surface area contributed by atoms with E-state index in [1.807, 2.05) is 37.8 Å². The van der Waals surface area contributed by atoms with E-state index in [4.69, 9.17) is 33.9 Å². The lowest BCUT2D eigenvalue weighted by Gasteiger charge is -2.42. The van der Waals surface area contributed by atoms with Gasteiger partial charge in [0.05, 0.1) is 29.6 Å². The highest BCUT2D eigenvalue weighted by molar-refractivity contribution is 6.90. The first-order valence-corrected chi connectivity index (χ1v) is 31.5. The van der Waals surface area contributed by atoms with E-state index in [2.05, 4.69) is 80.0 Å². The minimum atomic E-state index is -2.36. The summed E-state index contributed by atoms with van der Waals surface area (Å²) in [5.41, 5.74) is 6.23. The first-order chi connectivity index (χ1) is 39.5. The van der Waals surface area contributed by atoms with Gasteiger partial charge in [-0.3, -0.25) is 29.6 Å². The molecule has 436 valence electrons. The molecule has 1 N–H and O–H groups in total. The highest BCUT2D eigenvalue weighted by atomic mass is 28.3. The monoisotopic (exact) mass is 1150 g/mol. The molecular formula is C64H74F2N8O8Si. The van der Waals surface area contributed by atoms with Gasteiger partial charge in [-0.05, 0) is 117 Å². The van der Waals surface area contributed by atoms with Crippen LogP contribution in [0.15, 0.2) is 48.7 Å². The summed E-state index contributed by atoms with van der Waals surface area (Å²) in [6, 6.07) is 11.0. The van der Waals surface area contributed by atoms with Crippen LogP contribution in [0.4, 0.5) is 19.4 Å². The largest absolute Gasteiger partial charge is 0.468 e. The fourth-order valence-electron chi connectivity index (χ4n) is 13.6. The molecule has 4 saturated heterocycles. The smallest absolute Gasteiger partial charge is 0.410 e. The van der Waals surface area contributed by atoms with Crippen LogP contribution in [-0.4, -0.2) is 139 Å². The lowest BCUT2D eigenvalue weighted by molar-refractivity contribution is -0.136. The van der Waals surface area contributed by atoms with E-state index in [0.29, 0.717) is 59.4 Å². The van der Waals surface area contributed by atoms with Gasteiger partial charge in [0.15, 0.2) is 12.6 Å². The highest BCUT2D eigenvalue weighted by Gasteiger charge is 2.48. The van der Waals surface area contributed by atoms with Gasteiger partial charge in [-0.15, -0.1) is 5.54 Å². The highest BCUT2D eigenvalue weighted by Crippen LogP contribution is 2.48. The molecule has 5 aromatic rings. The zero-order valence-corrected chi connectivity index (χ0v) is 50.2. The molecule has 2 aromatic heterocycles. The van der Waals surface area contributed by atoms with Crippen molar-refractivity contribution in [1.29, 1.82) is 0 Å². The quantitative estimate of drug-likeness (QED) is 0.0483. The van der Waals surface area contributed by atoms with Crippen LogP contribution in [0.2, 0.25) is 16.6 Å². The van der Waals surface area contributed by atoms with Crippen LogP contribution in [0.5, 0.6) is 11.8 Å². The maximum atomic E-state index is 18.2.